The molecule has 0 aliphatic carbocycles. The number of hydrogen-bond acceptors (Lipinski definition) is 7. The number of aromatic nitrogens is 2. The fourth-order valence-electron chi connectivity index (χ4n) is 4.31. The lowest BCUT2D eigenvalue weighted by Gasteiger charge is -2.57. The largest absolute Gasteiger partial charge is 0.389 e. The quantitative estimate of drug-likeness (QED) is 0.620. The molecule has 8 heteroatoms. The van der Waals surface area contributed by atoms with E-state index in [1.165, 1.54) is 11.8 Å². The van der Waals surface area contributed by atoms with Crippen LogP contribution in [0.25, 0.3) is 0 Å². The average molecular weight is 365 g/mol. The maximum absolute atomic E-state index is 12.9. The van der Waals surface area contributed by atoms with Crippen molar-refractivity contribution in [3.05, 3.63) is 18.5 Å². The van der Waals surface area contributed by atoms with Crippen molar-refractivity contribution < 1.29 is 19.4 Å². The maximum Gasteiger partial charge on any atom is 0.233 e. The molecule has 7 nitrogen and oxygen atoms in total. The van der Waals surface area contributed by atoms with Crippen LogP contribution in [0.3, 0.4) is 0 Å². The lowest BCUT2D eigenvalue weighted by Crippen LogP contribution is -2.69. The van der Waals surface area contributed by atoms with Crippen LogP contribution in [-0.2, 0) is 14.3 Å². The van der Waals surface area contributed by atoms with Gasteiger partial charge < -0.3 is 19.5 Å². The van der Waals surface area contributed by atoms with Gasteiger partial charge in [-0.3, -0.25) is 4.79 Å². The summed E-state index contributed by atoms with van der Waals surface area (Å²) in [6.07, 6.45) is 4.75. The van der Waals surface area contributed by atoms with Gasteiger partial charge in [-0.15, -0.1) is 0 Å². The van der Waals surface area contributed by atoms with E-state index in [2.05, 4.69) is 9.97 Å². The van der Waals surface area contributed by atoms with Crippen molar-refractivity contribution in [1.29, 1.82) is 0 Å². The fraction of sp³-hybridized carbons (Fsp3) is 0.706. The van der Waals surface area contributed by atoms with Gasteiger partial charge in [0.1, 0.15) is 0 Å². The molecule has 25 heavy (non-hydrogen) atoms. The smallest absolute Gasteiger partial charge is 0.233 e. The van der Waals surface area contributed by atoms with Crippen molar-refractivity contribution in [3.63, 3.8) is 0 Å². The van der Waals surface area contributed by atoms with Crippen molar-refractivity contribution in [2.75, 3.05) is 38.7 Å². The van der Waals surface area contributed by atoms with Crippen LogP contribution in [-0.4, -0.2) is 76.2 Å². The number of amides is 1. The van der Waals surface area contributed by atoms with Crippen LogP contribution in [0, 0.1) is 11.8 Å². The molecule has 0 unspecified atom stereocenters. The predicted molar refractivity (Wildman–Crippen MR) is 91.1 cm³/mol. The van der Waals surface area contributed by atoms with Gasteiger partial charge in [0.2, 0.25) is 5.91 Å². The predicted octanol–water partition coefficient (Wildman–Crippen LogP) is 0.584. The highest BCUT2D eigenvalue weighted by Gasteiger charge is 2.56. The third-order valence-corrected chi connectivity index (χ3v) is 6.50. The first-order chi connectivity index (χ1) is 12.2. The van der Waals surface area contributed by atoms with Crippen LogP contribution in [0.5, 0.6) is 0 Å². The second-order valence-electron chi connectivity index (χ2n) is 6.92. The number of likely N-dealkylation sites (tertiary alicyclic amines) is 1. The minimum absolute atomic E-state index is 0.0363. The minimum atomic E-state index is -0.782. The summed E-state index contributed by atoms with van der Waals surface area (Å²) in [7, 11) is 0. The Morgan fingerprint density at radius 1 is 1.32 bits per heavy atom. The second-order valence-corrected chi connectivity index (χ2v) is 7.86. The molecule has 1 N–H and O–H groups in total. The molecule has 136 valence electrons. The number of aliphatic hydroxyl groups is 1. The summed E-state index contributed by atoms with van der Waals surface area (Å²) in [5.41, 5.74) is -0.782. The normalized spacial score (nSPS) is 34.9. The Labute approximate surface area is 151 Å². The molecular weight excluding hydrogens is 342 g/mol. The van der Waals surface area contributed by atoms with Gasteiger partial charge in [-0.1, -0.05) is 11.8 Å². The van der Waals surface area contributed by atoms with Crippen molar-refractivity contribution >= 4 is 17.7 Å². The van der Waals surface area contributed by atoms with Gasteiger partial charge in [-0.2, -0.15) is 0 Å². The molecule has 0 aromatic carbocycles. The van der Waals surface area contributed by atoms with Gasteiger partial charge in [0.05, 0.1) is 24.6 Å². The van der Waals surface area contributed by atoms with Crippen molar-refractivity contribution in [2.45, 2.75) is 29.6 Å². The zero-order valence-electron chi connectivity index (χ0n) is 14.0. The topological polar surface area (TPSA) is 84.8 Å². The molecule has 3 aliphatic heterocycles. The van der Waals surface area contributed by atoms with E-state index in [1.54, 1.807) is 18.5 Å². The van der Waals surface area contributed by atoms with Gasteiger partial charge in [0.15, 0.2) is 5.16 Å². The molecule has 0 saturated carbocycles. The molecule has 0 spiro atoms. The van der Waals surface area contributed by atoms with Crippen molar-refractivity contribution in [2.24, 2.45) is 11.8 Å². The Morgan fingerprint density at radius 3 is 2.96 bits per heavy atom. The number of rotatable bonds is 3. The first-order valence-electron chi connectivity index (χ1n) is 8.75. The van der Waals surface area contributed by atoms with Crippen molar-refractivity contribution in [3.8, 4) is 0 Å². The van der Waals surface area contributed by atoms with E-state index in [1.807, 2.05) is 4.90 Å². The van der Waals surface area contributed by atoms with Crippen LogP contribution >= 0.6 is 11.8 Å². The lowest BCUT2D eigenvalue weighted by molar-refractivity contribution is -0.218. The molecule has 1 amide bonds. The lowest BCUT2D eigenvalue weighted by atomic mass is 9.66. The van der Waals surface area contributed by atoms with Crippen LogP contribution in [0.4, 0.5) is 0 Å². The molecule has 3 saturated heterocycles. The van der Waals surface area contributed by atoms with Gasteiger partial charge in [-0.05, 0) is 12.5 Å². The summed E-state index contributed by atoms with van der Waals surface area (Å²) in [5, 5.41) is 11.9. The highest BCUT2D eigenvalue weighted by atomic mass is 32.2. The Hall–Kier alpha value is -1.22. The van der Waals surface area contributed by atoms with Gasteiger partial charge >= 0.3 is 0 Å². The van der Waals surface area contributed by atoms with E-state index in [4.69, 9.17) is 9.47 Å². The molecule has 1 aromatic heterocycles. The number of fused-ring (bicyclic) bond motifs is 3. The number of piperidine rings is 1. The minimum Gasteiger partial charge on any atom is -0.389 e. The standard InChI is InChI=1S/C17H23N3O4S/c21-15(11-25-16-18-4-1-5-19-16)20-8-12-9-24-7-3-17(12,22)13-10-23-6-2-14(13)20/h1,4-5,12-14,22H,2-3,6-11H2/t12-,13+,14-,17-/m0/s1. The first kappa shape index (κ1) is 17.2. The van der Waals surface area contributed by atoms with E-state index in [9.17, 15) is 9.90 Å². The monoisotopic (exact) mass is 365 g/mol. The highest BCUT2D eigenvalue weighted by Crippen LogP contribution is 2.44. The summed E-state index contributed by atoms with van der Waals surface area (Å²) in [4.78, 5) is 23.1. The summed E-state index contributed by atoms with van der Waals surface area (Å²) >= 11 is 1.35. The molecule has 4 heterocycles. The number of thioether (sulfide) groups is 1. The van der Waals surface area contributed by atoms with E-state index in [0.29, 0.717) is 50.3 Å². The van der Waals surface area contributed by atoms with Gasteiger partial charge in [0, 0.05) is 56.5 Å². The molecule has 4 rings (SSSR count). The summed E-state index contributed by atoms with van der Waals surface area (Å²) in [6, 6.07) is 1.80. The van der Waals surface area contributed by atoms with Crippen LogP contribution in [0.1, 0.15) is 12.8 Å². The van der Waals surface area contributed by atoms with Gasteiger partial charge in [-0.25, -0.2) is 9.97 Å². The molecule has 0 bridgehead atoms. The number of hydrogen-bond donors (Lipinski definition) is 1. The molecule has 1 aromatic rings. The molecule has 3 fully saturated rings. The zero-order valence-corrected chi connectivity index (χ0v) is 14.9. The Kier molecular flexibility index (Phi) is 4.95. The number of ether oxygens (including phenoxy) is 2. The third kappa shape index (κ3) is 3.28. The number of carbonyl (C=O) groups excluding carboxylic acids is 1. The molecular formula is C17H23N3O4S. The highest BCUT2D eigenvalue weighted by molar-refractivity contribution is 7.99. The zero-order chi connectivity index (χ0) is 17.3. The maximum atomic E-state index is 12.9. The average Bonchev–Trinajstić information content (AvgIpc) is 2.66. The van der Waals surface area contributed by atoms with E-state index in [0.717, 1.165) is 6.42 Å². The summed E-state index contributed by atoms with van der Waals surface area (Å²) in [6.45, 7) is 2.77. The number of nitrogens with zero attached hydrogens (tertiary/aromatic N) is 3. The van der Waals surface area contributed by atoms with E-state index in [-0.39, 0.29) is 23.8 Å². The van der Waals surface area contributed by atoms with Crippen LogP contribution in [0.2, 0.25) is 0 Å². The number of carbonyl (C=O) groups is 1. The molecule has 3 aliphatic rings. The Bertz CT molecular complexity index is 619. The Morgan fingerprint density at radius 2 is 2.12 bits per heavy atom. The third-order valence-electron chi connectivity index (χ3n) is 5.64. The van der Waals surface area contributed by atoms with Gasteiger partial charge in [0.25, 0.3) is 0 Å². The second kappa shape index (κ2) is 7.19. The summed E-state index contributed by atoms with van der Waals surface area (Å²) < 4.78 is 11.2. The molecule has 0 radical (unpaired) electrons. The first-order valence-corrected chi connectivity index (χ1v) is 9.74. The SMILES string of the molecule is O=C(CSc1ncccn1)N1C[C@H]2COCC[C@@]2(O)[C@@H]2COCC[C@@H]21. The summed E-state index contributed by atoms with van der Waals surface area (Å²) in [5.74, 6) is 0.291. The van der Waals surface area contributed by atoms with Crippen molar-refractivity contribution in [1.82, 2.24) is 14.9 Å². The van der Waals surface area contributed by atoms with Crippen LogP contribution in [0.15, 0.2) is 23.6 Å². The van der Waals surface area contributed by atoms with E-state index >= 15 is 0 Å². The van der Waals surface area contributed by atoms with E-state index < -0.39 is 5.60 Å². The molecule has 4 atom stereocenters. The Balaban J connectivity index is 1.49. The van der Waals surface area contributed by atoms with Crippen LogP contribution < -0.4 is 0 Å². The fourth-order valence-corrected chi connectivity index (χ4v) is 5.00.